The van der Waals surface area contributed by atoms with Gasteiger partial charge in [0, 0.05) is 37.1 Å². The van der Waals surface area contributed by atoms with E-state index in [1.165, 1.54) is 90.9 Å². The van der Waals surface area contributed by atoms with Gasteiger partial charge in [0.15, 0.2) is 28.6 Å². The SMILES string of the molecule is CCCCCCCCCCCCCCCCCC1(CC(=O)SCCNC(=O)CCNC(=O)[C@H](O)C(C)(C)COP(=O)(O)OP(=O)(O)OC[C@H]2O[C@@H](n3cnc4c(N)ncnc43)[C@H](O)[C@@H]2OP(=O)(O)O)OCCO1. The lowest BCUT2D eigenvalue weighted by molar-refractivity contribution is -0.169. The van der Waals surface area contributed by atoms with Crippen LogP contribution in [0.15, 0.2) is 12.7 Å². The predicted molar refractivity (Wildman–Crippen MR) is 266 cm³/mol. The van der Waals surface area contributed by atoms with Crippen LogP contribution in [0.2, 0.25) is 0 Å². The molecule has 2 saturated heterocycles. The number of aromatic nitrogens is 4. The van der Waals surface area contributed by atoms with Gasteiger partial charge in [-0.2, -0.15) is 4.31 Å². The molecule has 26 nitrogen and oxygen atoms in total. The molecule has 0 bridgehead atoms. The number of nitrogens with zero attached hydrogens (tertiary/aromatic N) is 4. The number of carbonyl (C=O) groups is 3. The quantitative estimate of drug-likeness (QED) is 0.0315. The van der Waals surface area contributed by atoms with Gasteiger partial charge < -0.3 is 60.4 Å². The number of carbonyl (C=O) groups excluding carboxylic acids is 3. The average Bonchev–Trinajstić information content (AvgIpc) is 4.04. The Bertz CT molecular complexity index is 2180. The fraction of sp³-hybridized carbons (Fsp3) is 0.814. The van der Waals surface area contributed by atoms with Crippen molar-refractivity contribution in [1.82, 2.24) is 30.2 Å². The third-order valence-corrected chi connectivity index (χ3v) is 16.1. The van der Waals surface area contributed by atoms with Crippen molar-refractivity contribution in [3.05, 3.63) is 12.7 Å². The molecule has 10 N–H and O–H groups in total. The third kappa shape index (κ3) is 22.2. The number of nitrogen functional groups attached to an aromatic ring is 1. The second-order valence-corrected chi connectivity index (χ2v) is 24.2. The highest BCUT2D eigenvalue weighted by Gasteiger charge is 2.50. The maximum absolute atomic E-state index is 12.9. The summed E-state index contributed by atoms with van der Waals surface area (Å²) in [4.78, 5) is 89.4. The number of phosphoric ester groups is 3. The number of imidazole rings is 1. The number of nitrogens with one attached hydrogen (secondary N) is 2. The first-order chi connectivity index (χ1) is 34.5. The van der Waals surface area contributed by atoms with Crippen LogP contribution in [-0.4, -0.2) is 142 Å². The van der Waals surface area contributed by atoms with Crippen LogP contribution in [-0.2, 0) is 60.2 Å². The molecule has 0 spiro atoms. The Morgan fingerprint density at radius 3 is 2.07 bits per heavy atom. The fourth-order valence-corrected chi connectivity index (χ4v) is 11.7. The molecule has 4 heterocycles. The van der Waals surface area contributed by atoms with Gasteiger partial charge in [-0.1, -0.05) is 122 Å². The van der Waals surface area contributed by atoms with Gasteiger partial charge in [0.05, 0.1) is 39.2 Å². The second-order valence-electron chi connectivity index (χ2n) is 18.8. The lowest BCUT2D eigenvalue weighted by Gasteiger charge is -2.30. The maximum atomic E-state index is 12.9. The fourth-order valence-electron chi connectivity index (χ4n) is 8.16. The van der Waals surface area contributed by atoms with Crippen molar-refractivity contribution >= 4 is 69.1 Å². The molecular formula is C43H76N7O19P3S. The van der Waals surface area contributed by atoms with Crippen LogP contribution in [0, 0.1) is 5.41 Å². The molecular weight excluding hydrogens is 1040 g/mol. The van der Waals surface area contributed by atoms with Gasteiger partial charge in [-0.15, -0.1) is 0 Å². The van der Waals surface area contributed by atoms with Crippen LogP contribution in [0.4, 0.5) is 5.82 Å². The molecule has 2 aliphatic heterocycles. The van der Waals surface area contributed by atoms with E-state index < -0.39 is 90.3 Å². The molecule has 2 amide bonds. The molecule has 0 radical (unpaired) electrons. The topological polar surface area (TPSA) is 382 Å². The van der Waals surface area contributed by atoms with Gasteiger partial charge in [0.25, 0.3) is 0 Å². The minimum absolute atomic E-state index is 0.0300. The molecule has 0 aromatic carbocycles. The van der Waals surface area contributed by atoms with Crippen LogP contribution in [0.25, 0.3) is 11.2 Å². The Hall–Kier alpha value is -2.52. The van der Waals surface area contributed by atoms with Crippen LogP contribution >= 0.6 is 35.2 Å². The third-order valence-electron chi connectivity index (χ3n) is 12.2. The Kier molecular flexibility index (Phi) is 26.3. The molecule has 2 aromatic rings. The summed E-state index contributed by atoms with van der Waals surface area (Å²) in [5.74, 6) is -2.10. The number of aliphatic hydroxyl groups excluding tert-OH is 2. The van der Waals surface area contributed by atoms with Crippen molar-refractivity contribution in [2.24, 2.45) is 5.41 Å². The molecule has 2 fully saturated rings. The van der Waals surface area contributed by atoms with E-state index in [0.29, 0.717) is 25.4 Å². The number of hydrogen-bond donors (Lipinski definition) is 9. The summed E-state index contributed by atoms with van der Waals surface area (Å²) < 4.78 is 74.4. The van der Waals surface area contributed by atoms with Gasteiger partial charge in [-0.05, 0) is 6.42 Å². The van der Waals surface area contributed by atoms with Crippen molar-refractivity contribution in [1.29, 1.82) is 0 Å². The van der Waals surface area contributed by atoms with E-state index in [1.54, 1.807) is 0 Å². The number of rotatable bonds is 37. The lowest BCUT2D eigenvalue weighted by atomic mass is 9.87. The molecule has 2 unspecified atom stereocenters. The first-order valence-corrected chi connectivity index (χ1v) is 30.3. The van der Waals surface area contributed by atoms with Gasteiger partial charge in [-0.25, -0.2) is 28.6 Å². The molecule has 0 saturated carbocycles. The zero-order chi connectivity index (χ0) is 53.7. The summed E-state index contributed by atoms with van der Waals surface area (Å²) in [5.41, 5.74) is 4.27. The number of thioether (sulfide) groups is 1. The summed E-state index contributed by atoms with van der Waals surface area (Å²) in [5, 5.41) is 26.6. The van der Waals surface area contributed by atoms with Gasteiger partial charge >= 0.3 is 23.5 Å². The predicted octanol–water partition coefficient (Wildman–Crippen LogP) is 5.06. The molecule has 30 heteroatoms. The van der Waals surface area contributed by atoms with E-state index in [2.05, 4.69) is 41.3 Å². The highest BCUT2D eigenvalue weighted by Crippen LogP contribution is 2.61. The monoisotopic (exact) mass is 1120 g/mol. The number of ether oxygens (including phenoxy) is 3. The van der Waals surface area contributed by atoms with E-state index in [-0.39, 0.29) is 48.0 Å². The van der Waals surface area contributed by atoms with E-state index in [9.17, 15) is 57.9 Å². The highest BCUT2D eigenvalue weighted by atomic mass is 32.2. The number of unbranched alkanes of at least 4 members (excludes halogenated alkanes) is 14. The van der Waals surface area contributed by atoms with Gasteiger partial charge in [0.2, 0.25) is 11.8 Å². The first kappa shape index (κ1) is 63.0. The van der Waals surface area contributed by atoms with Crippen LogP contribution in [0.5, 0.6) is 0 Å². The minimum atomic E-state index is -5.59. The van der Waals surface area contributed by atoms with Crippen molar-refractivity contribution in [2.45, 2.75) is 173 Å². The Balaban J connectivity index is 1.09. The number of aliphatic hydroxyl groups is 2. The molecule has 73 heavy (non-hydrogen) atoms. The van der Waals surface area contributed by atoms with E-state index in [4.69, 9.17) is 29.0 Å². The Morgan fingerprint density at radius 2 is 1.47 bits per heavy atom. The number of hydrogen-bond acceptors (Lipinski definition) is 20. The Morgan fingerprint density at radius 1 is 0.877 bits per heavy atom. The average molecular weight is 1120 g/mol. The van der Waals surface area contributed by atoms with E-state index in [1.807, 2.05) is 0 Å². The smallest absolute Gasteiger partial charge is 0.386 e. The molecule has 4 rings (SSSR count). The first-order valence-electron chi connectivity index (χ1n) is 24.8. The second kappa shape index (κ2) is 30.4. The summed E-state index contributed by atoms with van der Waals surface area (Å²) in [6, 6.07) is 0. The van der Waals surface area contributed by atoms with E-state index >= 15 is 0 Å². The summed E-state index contributed by atoms with van der Waals surface area (Å²) in [6.45, 7) is 3.55. The van der Waals surface area contributed by atoms with Crippen molar-refractivity contribution in [2.75, 3.05) is 51.0 Å². The standard InChI is InChI=1S/C43H76N7O19P3S/c1-4-5-6-7-8-9-10-11-12-13-14-15-16-17-18-20-43(63-23-24-64-43)26-33(52)73-25-22-45-32(51)19-21-46-40(55)37(54)42(2,3)28-66-72(61,62)69-71(59,60)65-27-31-36(68-70(56,57)58)35(53)41(67-31)50-30-49-34-38(44)47-29-48-39(34)50/h29-31,35-37,41,53-54H,4-28H2,1-3H3,(H,45,51)(H,46,55)(H,59,60)(H,61,62)(H2,44,47,48)(H2,56,57,58)/t31-,35-,36-,37+,41-/m1/s1. The van der Waals surface area contributed by atoms with E-state index in [0.717, 1.165) is 48.2 Å². The minimum Gasteiger partial charge on any atom is -0.386 e. The number of fused-ring (bicyclic) bond motifs is 1. The maximum Gasteiger partial charge on any atom is 0.481 e. The molecule has 7 atom stereocenters. The zero-order valence-electron chi connectivity index (χ0n) is 41.8. The van der Waals surface area contributed by atoms with Crippen LogP contribution in [0.1, 0.15) is 143 Å². The summed E-state index contributed by atoms with van der Waals surface area (Å²) >= 11 is 1.06. The molecule has 0 aliphatic carbocycles. The highest BCUT2D eigenvalue weighted by molar-refractivity contribution is 8.13. The van der Waals surface area contributed by atoms with Crippen molar-refractivity contribution in [3.63, 3.8) is 0 Å². The molecule has 2 aliphatic rings. The normalized spacial score (nSPS) is 21.2. The number of nitrogens with two attached hydrogens (primary N) is 1. The largest absolute Gasteiger partial charge is 0.481 e. The summed E-state index contributed by atoms with van der Waals surface area (Å²) in [6.07, 6.45) is 12.6. The lowest BCUT2D eigenvalue weighted by Crippen LogP contribution is -2.46. The number of phosphoric acid groups is 3. The zero-order valence-corrected chi connectivity index (χ0v) is 45.3. The van der Waals surface area contributed by atoms with Crippen LogP contribution in [0.3, 0.4) is 0 Å². The van der Waals surface area contributed by atoms with Gasteiger partial charge in [-0.3, -0.25) is 32.5 Å². The molecule has 2 aromatic heterocycles. The summed E-state index contributed by atoms with van der Waals surface area (Å²) in [7, 11) is -16.4. The van der Waals surface area contributed by atoms with Crippen molar-refractivity contribution < 1.29 is 90.0 Å². The Labute approximate surface area is 429 Å². The molecule has 418 valence electrons. The number of amides is 2. The number of anilines is 1. The van der Waals surface area contributed by atoms with Crippen LogP contribution < -0.4 is 16.4 Å². The van der Waals surface area contributed by atoms with Gasteiger partial charge in [0.1, 0.15) is 36.3 Å². The van der Waals surface area contributed by atoms with Crippen molar-refractivity contribution in [3.8, 4) is 0 Å².